The Balaban J connectivity index is 1.67. The van der Waals surface area contributed by atoms with E-state index in [2.05, 4.69) is 0 Å². The lowest BCUT2D eigenvalue weighted by atomic mass is 9.85. The van der Waals surface area contributed by atoms with Gasteiger partial charge < -0.3 is 4.74 Å². The number of hydrogen-bond donors (Lipinski definition) is 0. The van der Waals surface area contributed by atoms with Crippen LogP contribution in [0.4, 0.5) is 10.1 Å². The van der Waals surface area contributed by atoms with Crippen molar-refractivity contribution >= 4 is 29.1 Å². The summed E-state index contributed by atoms with van der Waals surface area (Å²) in [6.45, 7) is 0. The number of carbonyl (C=O) groups excluding carboxylic acids is 2. The Kier molecular flexibility index (Phi) is 4.74. The predicted molar refractivity (Wildman–Crippen MR) is 96.8 cm³/mol. The van der Waals surface area contributed by atoms with Crippen LogP contribution in [0.15, 0.2) is 23.8 Å². The number of hydrogen-bond acceptors (Lipinski definition) is 3. The Morgan fingerprint density at radius 1 is 1.08 bits per heavy atom. The molecule has 4 nitrogen and oxygen atoms in total. The third-order valence-corrected chi connectivity index (χ3v) is 5.76. The molecule has 4 rings (SSSR count). The third kappa shape index (κ3) is 3.13. The van der Waals surface area contributed by atoms with Crippen molar-refractivity contribution in [3.8, 4) is 5.75 Å². The molecule has 1 aromatic carbocycles. The molecule has 6 heteroatoms. The average Bonchev–Trinajstić information content (AvgIpc) is 2.65. The topological polar surface area (TPSA) is 46.6 Å². The molecule has 3 aliphatic rings. The van der Waals surface area contributed by atoms with E-state index in [1.807, 2.05) is 0 Å². The van der Waals surface area contributed by atoms with Gasteiger partial charge in [-0.05, 0) is 51.0 Å². The van der Waals surface area contributed by atoms with Crippen LogP contribution >= 0.6 is 11.6 Å². The zero-order valence-corrected chi connectivity index (χ0v) is 15.2. The summed E-state index contributed by atoms with van der Waals surface area (Å²) in [5, 5.41) is 0.160. The monoisotopic (exact) mass is 377 g/mol. The van der Waals surface area contributed by atoms with Gasteiger partial charge in [-0.1, -0.05) is 24.1 Å². The largest absolute Gasteiger partial charge is 0.489 e. The van der Waals surface area contributed by atoms with E-state index in [4.69, 9.17) is 16.3 Å². The highest BCUT2D eigenvalue weighted by Gasteiger charge is 2.39. The van der Waals surface area contributed by atoms with Gasteiger partial charge in [-0.3, -0.25) is 9.59 Å². The van der Waals surface area contributed by atoms with E-state index in [1.54, 1.807) is 6.08 Å². The first kappa shape index (κ1) is 17.5. The molecule has 1 unspecified atom stereocenters. The Morgan fingerprint density at radius 2 is 1.85 bits per heavy atom. The Labute approximate surface area is 156 Å². The molecule has 0 N–H and O–H groups in total. The quantitative estimate of drug-likeness (QED) is 0.711. The van der Waals surface area contributed by atoms with Gasteiger partial charge in [0.2, 0.25) is 5.91 Å². The molecule has 0 radical (unpaired) electrons. The molecule has 0 spiro atoms. The van der Waals surface area contributed by atoms with Gasteiger partial charge in [0.05, 0.1) is 22.7 Å². The van der Waals surface area contributed by atoms with Crippen molar-refractivity contribution in [1.29, 1.82) is 0 Å². The van der Waals surface area contributed by atoms with Crippen molar-refractivity contribution in [3.05, 3.63) is 34.6 Å². The summed E-state index contributed by atoms with van der Waals surface area (Å²) in [7, 11) is 0. The van der Waals surface area contributed by atoms with E-state index in [0.29, 0.717) is 24.2 Å². The van der Waals surface area contributed by atoms with Gasteiger partial charge in [0.1, 0.15) is 11.6 Å². The second-order valence-corrected chi connectivity index (χ2v) is 7.69. The number of amides is 2. The number of halogens is 2. The van der Waals surface area contributed by atoms with Crippen LogP contribution in [0.2, 0.25) is 5.02 Å². The number of fused-ring (bicyclic) bond motifs is 1. The van der Waals surface area contributed by atoms with Gasteiger partial charge in [0.15, 0.2) is 0 Å². The van der Waals surface area contributed by atoms with Gasteiger partial charge in [0.25, 0.3) is 5.91 Å². The normalized spacial score (nSPS) is 23.8. The zero-order chi connectivity index (χ0) is 18.3. The van der Waals surface area contributed by atoms with E-state index in [1.165, 1.54) is 12.5 Å². The number of nitrogens with zero attached hydrogens (tertiary/aromatic N) is 1. The van der Waals surface area contributed by atoms with Crippen molar-refractivity contribution in [1.82, 2.24) is 0 Å². The molecular weight excluding hydrogens is 357 g/mol. The number of benzene rings is 1. The van der Waals surface area contributed by atoms with Crippen molar-refractivity contribution in [2.75, 3.05) is 4.90 Å². The van der Waals surface area contributed by atoms with E-state index in [9.17, 15) is 14.0 Å². The minimum Gasteiger partial charge on any atom is -0.489 e. The Hall–Kier alpha value is -1.88. The molecule has 1 saturated carbocycles. The van der Waals surface area contributed by atoms with Crippen molar-refractivity contribution in [2.45, 2.75) is 57.5 Å². The molecule has 1 atom stereocenters. The van der Waals surface area contributed by atoms with Crippen LogP contribution < -0.4 is 9.64 Å². The van der Waals surface area contributed by atoms with Crippen LogP contribution in [0, 0.1) is 11.7 Å². The fraction of sp³-hybridized carbons (Fsp3) is 0.500. The first-order chi connectivity index (χ1) is 12.5. The van der Waals surface area contributed by atoms with Gasteiger partial charge >= 0.3 is 0 Å². The summed E-state index contributed by atoms with van der Waals surface area (Å²) in [5.74, 6) is -1.51. The minimum atomic E-state index is -0.687. The molecule has 26 heavy (non-hydrogen) atoms. The highest BCUT2D eigenvalue weighted by Crippen LogP contribution is 2.39. The number of carbonyl (C=O) groups is 2. The zero-order valence-electron chi connectivity index (χ0n) is 14.5. The molecule has 1 fully saturated rings. The fourth-order valence-electron chi connectivity index (χ4n) is 4.08. The minimum absolute atomic E-state index is 0.0365. The fourth-order valence-corrected chi connectivity index (χ4v) is 4.27. The maximum atomic E-state index is 14.6. The molecule has 1 aliphatic heterocycles. The summed E-state index contributed by atoms with van der Waals surface area (Å²) in [6, 6.07) is 2.54. The maximum absolute atomic E-state index is 14.6. The van der Waals surface area contributed by atoms with E-state index in [0.717, 1.165) is 43.1 Å². The summed E-state index contributed by atoms with van der Waals surface area (Å²) in [6.07, 6.45) is 9.12. The average molecular weight is 378 g/mol. The lowest BCUT2D eigenvalue weighted by molar-refractivity contribution is -0.128. The molecule has 2 amide bonds. The highest BCUT2D eigenvalue weighted by molar-refractivity contribution is 6.32. The standard InChI is InChI=1S/C20H21ClFNO3/c21-15-10-16(22)17(11-18(15)26-14-7-2-1-3-8-14)23-19(24)12-5-4-6-13(9-12)20(23)25/h9-12,14H,1-8H2. The third-order valence-electron chi connectivity index (χ3n) is 5.47. The second kappa shape index (κ2) is 7.03. The Bertz CT molecular complexity index is 786. The summed E-state index contributed by atoms with van der Waals surface area (Å²) in [4.78, 5) is 26.4. The maximum Gasteiger partial charge on any atom is 0.260 e. The first-order valence-electron chi connectivity index (χ1n) is 9.29. The van der Waals surface area contributed by atoms with Gasteiger partial charge in [-0.25, -0.2) is 9.29 Å². The lowest BCUT2D eigenvalue weighted by Gasteiger charge is -2.33. The molecule has 2 bridgehead atoms. The summed E-state index contributed by atoms with van der Waals surface area (Å²) >= 11 is 6.16. The van der Waals surface area contributed by atoms with E-state index < -0.39 is 11.7 Å². The van der Waals surface area contributed by atoms with Crippen molar-refractivity contribution in [3.63, 3.8) is 0 Å². The SMILES string of the molecule is O=C1C2=CC(CCC2)C(=O)N1c1cc(OC2CCCCC2)c(Cl)cc1F. The van der Waals surface area contributed by atoms with Crippen molar-refractivity contribution < 1.29 is 18.7 Å². The van der Waals surface area contributed by atoms with Crippen LogP contribution in [0.3, 0.4) is 0 Å². The molecular formula is C20H21ClFNO3. The van der Waals surface area contributed by atoms with Crippen LogP contribution in [0.5, 0.6) is 5.75 Å². The predicted octanol–water partition coefficient (Wildman–Crippen LogP) is 4.79. The van der Waals surface area contributed by atoms with Gasteiger partial charge in [0, 0.05) is 11.6 Å². The lowest BCUT2D eigenvalue weighted by Crippen LogP contribution is -2.46. The molecule has 1 heterocycles. The number of anilines is 1. The molecule has 2 aliphatic carbocycles. The molecule has 0 saturated heterocycles. The van der Waals surface area contributed by atoms with Crippen LogP contribution in [-0.4, -0.2) is 17.9 Å². The van der Waals surface area contributed by atoms with Crippen LogP contribution in [-0.2, 0) is 9.59 Å². The smallest absolute Gasteiger partial charge is 0.260 e. The van der Waals surface area contributed by atoms with E-state index >= 15 is 0 Å². The second-order valence-electron chi connectivity index (χ2n) is 7.28. The molecule has 138 valence electrons. The first-order valence-corrected chi connectivity index (χ1v) is 9.67. The number of rotatable bonds is 3. The van der Waals surface area contributed by atoms with Gasteiger partial charge in [-0.15, -0.1) is 0 Å². The van der Waals surface area contributed by atoms with Crippen molar-refractivity contribution in [2.24, 2.45) is 5.92 Å². The number of imide groups is 1. The van der Waals surface area contributed by atoms with Crippen LogP contribution in [0.1, 0.15) is 51.4 Å². The summed E-state index contributed by atoms with van der Waals surface area (Å²) in [5.41, 5.74) is 0.526. The number of ether oxygens (including phenoxy) is 1. The summed E-state index contributed by atoms with van der Waals surface area (Å²) < 4.78 is 20.6. The van der Waals surface area contributed by atoms with E-state index in [-0.39, 0.29) is 28.6 Å². The molecule has 0 aromatic heterocycles. The van der Waals surface area contributed by atoms with Crippen LogP contribution in [0.25, 0.3) is 0 Å². The highest BCUT2D eigenvalue weighted by atomic mass is 35.5. The molecule has 1 aromatic rings. The van der Waals surface area contributed by atoms with Gasteiger partial charge in [-0.2, -0.15) is 0 Å². The Morgan fingerprint density at radius 3 is 2.62 bits per heavy atom.